The Morgan fingerprint density at radius 2 is 1.20 bits per heavy atom. The monoisotopic (exact) mass is 826 g/mol. The highest BCUT2D eigenvalue weighted by atomic mass is 16.7. The Labute approximate surface area is 350 Å². The molecule has 1 aliphatic heterocycles. The van der Waals surface area contributed by atoms with Crippen LogP contribution in [0.1, 0.15) is 70.6 Å². The summed E-state index contributed by atoms with van der Waals surface area (Å²) < 4.78 is 41.7. The number of aromatic hydroxyl groups is 1. The fourth-order valence-electron chi connectivity index (χ4n) is 6.80. The summed E-state index contributed by atoms with van der Waals surface area (Å²) in [5.74, 6) is -2.98. The summed E-state index contributed by atoms with van der Waals surface area (Å²) in [6, 6.07) is 33.2. The van der Waals surface area contributed by atoms with Crippen molar-refractivity contribution in [2.24, 2.45) is 0 Å². The summed E-state index contributed by atoms with van der Waals surface area (Å²) in [5.41, 5.74) is 0.524. The van der Waals surface area contributed by atoms with Crippen molar-refractivity contribution in [3.63, 3.8) is 0 Å². The molecule has 0 aliphatic carbocycles. The number of unbranched alkanes of at least 4 members (excludes halogenated alkanes) is 2. The molecule has 2 heterocycles. The molecule has 5 atom stereocenters. The predicted octanol–water partition coefficient (Wildman–Crippen LogP) is 8.45. The number of rotatable bonds is 14. The van der Waals surface area contributed by atoms with Gasteiger partial charge < -0.3 is 37.9 Å². The molecule has 1 fully saturated rings. The molecule has 0 unspecified atom stereocenters. The van der Waals surface area contributed by atoms with Gasteiger partial charge in [0.15, 0.2) is 12.2 Å². The molecule has 1 N–H and O–H groups in total. The number of phenolic OH excluding ortho intramolecular Hbond substituents is 1. The van der Waals surface area contributed by atoms with Crippen LogP contribution < -0.4 is 14.9 Å². The molecule has 1 saturated heterocycles. The second-order valence-electron chi connectivity index (χ2n) is 14.3. The molecule has 0 saturated carbocycles. The molecule has 0 amide bonds. The first-order chi connectivity index (χ1) is 29.6. The lowest BCUT2D eigenvalue weighted by Crippen LogP contribution is -2.62. The summed E-state index contributed by atoms with van der Waals surface area (Å²) in [5, 5.41) is 11.1. The van der Waals surface area contributed by atoms with Gasteiger partial charge in [-0.05, 0) is 67.4 Å². The van der Waals surface area contributed by atoms with Crippen LogP contribution in [-0.4, -0.2) is 59.7 Å². The molecule has 13 nitrogen and oxygen atoms in total. The van der Waals surface area contributed by atoms with Crippen LogP contribution in [-0.2, 0) is 23.7 Å². The molecule has 61 heavy (non-hydrogen) atoms. The van der Waals surface area contributed by atoms with Crippen LogP contribution in [0, 0.1) is 0 Å². The molecule has 6 aromatic rings. The molecule has 312 valence electrons. The number of hydrogen-bond donors (Lipinski definition) is 1. The van der Waals surface area contributed by atoms with Crippen molar-refractivity contribution in [1.82, 2.24) is 0 Å². The number of esters is 4. The van der Waals surface area contributed by atoms with Gasteiger partial charge in [-0.25, -0.2) is 14.4 Å². The summed E-state index contributed by atoms with van der Waals surface area (Å²) in [7, 11) is 0. The third-order valence-corrected chi connectivity index (χ3v) is 9.95. The topological polar surface area (TPSA) is 174 Å². The van der Waals surface area contributed by atoms with E-state index in [1.54, 1.807) is 97.9 Å². The number of hydrogen-bond acceptors (Lipinski definition) is 13. The van der Waals surface area contributed by atoms with E-state index in [-0.39, 0.29) is 44.9 Å². The zero-order valence-electron chi connectivity index (χ0n) is 33.3. The van der Waals surface area contributed by atoms with Crippen LogP contribution in [0.25, 0.3) is 22.1 Å². The minimum atomic E-state index is -1.57. The van der Waals surface area contributed by atoms with Crippen molar-refractivity contribution in [3.05, 3.63) is 161 Å². The Hall–Kier alpha value is -7.25. The van der Waals surface area contributed by atoms with Crippen LogP contribution in [0.3, 0.4) is 0 Å². The fraction of sp³-hybridized carbons (Fsp3) is 0.229. The van der Waals surface area contributed by atoms with Gasteiger partial charge in [-0.3, -0.25) is 9.59 Å². The van der Waals surface area contributed by atoms with Crippen LogP contribution in [0.2, 0.25) is 0 Å². The van der Waals surface area contributed by atoms with Crippen molar-refractivity contribution < 1.29 is 57.1 Å². The third kappa shape index (κ3) is 9.97. The van der Waals surface area contributed by atoms with Gasteiger partial charge in [-0.1, -0.05) is 86.5 Å². The summed E-state index contributed by atoms with van der Waals surface area (Å²) in [6.45, 7) is 3.62. The van der Waals surface area contributed by atoms with Gasteiger partial charge >= 0.3 is 23.9 Å². The molecule has 1 aliphatic rings. The Bertz CT molecular complexity index is 2540. The van der Waals surface area contributed by atoms with E-state index < -0.39 is 59.8 Å². The van der Waals surface area contributed by atoms with Crippen LogP contribution >= 0.6 is 0 Å². The van der Waals surface area contributed by atoms with E-state index in [4.69, 9.17) is 32.8 Å². The van der Waals surface area contributed by atoms with Crippen molar-refractivity contribution in [2.75, 3.05) is 0 Å². The zero-order valence-corrected chi connectivity index (χ0v) is 33.3. The molecular formula is C48H42O13. The second kappa shape index (κ2) is 19.2. The van der Waals surface area contributed by atoms with Gasteiger partial charge in [-0.15, -0.1) is 0 Å². The molecular weight excluding hydrogens is 785 g/mol. The average Bonchev–Trinajstić information content (AvgIpc) is 3.27. The number of carbonyl (C=O) groups excluding carboxylic acids is 4. The second-order valence-corrected chi connectivity index (χ2v) is 14.3. The van der Waals surface area contributed by atoms with Gasteiger partial charge in [0, 0.05) is 18.6 Å². The van der Waals surface area contributed by atoms with E-state index >= 15 is 0 Å². The largest absolute Gasteiger partial charge is 0.507 e. The maximum absolute atomic E-state index is 13.8. The lowest BCUT2D eigenvalue weighted by molar-refractivity contribution is -0.266. The maximum Gasteiger partial charge on any atom is 0.338 e. The smallest absolute Gasteiger partial charge is 0.338 e. The summed E-state index contributed by atoms with van der Waals surface area (Å²) in [6.07, 6.45) is -2.79. The average molecular weight is 827 g/mol. The van der Waals surface area contributed by atoms with Crippen molar-refractivity contribution in [3.8, 4) is 28.4 Å². The molecule has 1 aromatic heterocycles. The highest BCUT2D eigenvalue weighted by molar-refractivity contribution is 5.91. The molecule has 5 aromatic carbocycles. The molecule has 7 rings (SSSR count). The first kappa shape index (κ1) is 41.9. The molecule has 0 radical (unpaired) electrons. The number of phenols is 1. The van der Waals surface area contributed by atoms with Crippen LogP contribution in [0.4, 0.5) is 0 Å². The van der Waals surface area contributed by atoms with E-state index in [1.165, 1.54) is 42.7 Å². The SMILES string of the molecule is CCCCCC(=O)Oc1ccc(-c2coc3cc(O[C@@H]4O[C@@H](C)[C@@H](OC(=O)c5ccccc5)[C@@H](OC(=O)c5ccccc5)[C@H]4OC(=O)c4ccccc4)cc(O)c3c2=O)cc1. The van der Waals surface area contributed by atoms with Crippen LogP contribution in [0.5, 0.6) is 17.2 Å². The van der Waals surface area contributed by atoms with E-state index in [9.17, 15) is 29.1 Å². The van der Waals surface area contributed by atoms with E-state index in [2.05, 4.69) is 0 Å². The minimum absolute atomic E-state index is 0.0511. The highest BCUT2D eigenvalue weighted by Gasteiger charge is 2.52. The summed E-state index contributed by atoms with van der Waals surface area (Å²) >= 11 is 0. The van der Waals surface area contributed by atoms with Gasteiger partial charge in [0.2, 0.25) is 17.8 Å². The van der Waals surface area contributed by atoms with Crippen molar-refractivity contribution >= 4 is 34.8 Å². The first-order valence-electron chi connectivity index (χ1n) is 19.8. The minimum Gasteiger partial charge on any atom is -0.507 e. The van der Waals surface area contributed by atoms with Gasteiger partial charge in [0.1, 0.15) is 34.5 Å². The molecule has 13 heteroatoms. The third-order valence-electron chi connectivity index (χ3n) is 9.95. The van der Waals surface area contributed by atoms with Crippen molar-refractivity contribution in [1.29, 1.82) is 0 Å². The Morgan fingerprint density at radius 3 is 1.75 bits per heavy atom. The number of fused-ring (bicyclic) bond motifs is 1. The van der Waals surface area contributed by atoms with E-state index in [0.29, 0.717) is 17.7 Å². The zero-order chi connectivity index (χ0) is 42.9. The standard InChI is InChI=1S/C48H42O13/c1-3-4-8-21-39(50)57-34-24-22-30(23-25-34)36-28-55-38-27-35(26-37(49)40(38)41(36)51)58-48-44(61-47(54)33-19-13-7-14-20-33)43(60-46(53)32-17-11-6-12-18-32)42(29(2)56-48)59-45(52)31-15-9-5-10-16-31/h5-7,9-20,22-29,42-44,48-49H,3-4,8,21H2,1-2H3/t29-,42+,43+,44+,48-/m0/s1. The lowest BCUT2D eigenvalue weighted by atomic mass is 9.98. The maximum atomic E-state index is 13.8. The Morgan fingerprint density at radius 1 is 0.656 bits per heavy atom. The van der Waals surface area contributed by atoms with Gasteiger partial charge in [0.25, 0.3) is 0 Å². The predicted molar refractivity (Wildman–Crippen MR) is 221 cm³/mol. The fourth-order valence-corrected chi connectivity index (χ4v) is 6.80. The lowest BCUT2D eigenvalue weighted by Gasteiger charge is -2.43. The van der Waals surface area contributed by atoms with Gasteiger partial charge in [-0.2, -0.15) is 0 Å². The Balaban J connectivity index is 1.20. The number of ether oxygens (including phenoxy) is 6. The highest BCUT2D eigenvalue weighted by Crippen LogP contribution is 2.35. The van der Waals surface area contributed by atoms with Crippen LogP contribution in [0.15, 0.2) is 143 Å². The first-order valence-corrected chi connectivity index (χ1v) is 19.8. The molecule has 0 spiro atoms. The van der Waals surface area contributed by atoms with E-state index in [0.717, 1.165) is 19.3 Å². The van der Waals surface area contributed by atoms with Crippen molar-refractivity contribution in [2.45, 2.75) is 70.2 Å². The quantitative estimate of drug-likeness (QED) is 0.0480. The number of carbonyl (C=O) groups is 4. The Kier molecular flexibility index (Phi) is 13.2. The molecule has 0 bridgehead atoms. The van der Waals surface area contributed by atoms with E-state index in [1.807, 2.05) is 6.92 Å². The normalized spacial score (nSPS) is 18.4. The van der Waals surface area contributed by atoms with Gasteiger partial charge in [0.05, 0.1) is 28.4 Å². The summed E-state index contributed by atoms with van der Waals surface area (Å²) in [4.78, 5) is 66.8. The number of benzene rings is 5.